The number of rotatable bonds is 8. The minimum atomic E-state index is -5.11. The van der Waals surface area contributed by atoms with Crippen LogP contribution in [-0.4, -0.2) is 119 Å². The van der Waals surface area contributed by atoms with Gasteiger partial charge in [0.1, 0.15) is 29.4 Å². The number of ether oxygens (including phenoxy) is 4. The molecule has 2 aromatic carbocycles. The van der Waals surface area contributed by atoms with Crippen molar-refractivity contribution in [2.45, 2.75) is 152 Å². The van der Waals surface area contributed by atoms with E-state index in [4.69, 9.17) is 18.9 Å². The molecule has 0 aromatic heterocycles. The average Bonchev–Trinajstić information content (AvgIpc) is 3.16. The molecule has 0 unspecified atom stereocenters. The lowest BCUT2D eigenvalue weighted by molar-refractivity contribution is -0.293. The normalized spacial score (nSPS) is 37.3. The summed E-state index contributed by atoms with van der Waals surface area (Å²) in [6.45, 7) is 12.6. The Morgan fingerprint density at radius 1 is 1.02 bits per heavy atom. The van der Waals surface area contributed by atoms with Crippen LogP contribution < -0.4 is 10.1 Å². The first kappa shape index (κ1) is 48.7. The number of aliphatic hydroxyl groups excluding tert-OH is 2. The van der Waals surface area contributed by atoms with Gasteiger partial charge in [-0.1, -0.05) is 39.0 Å². The number of alkyl halides is 3. The molecule has 2 aromatic rings. The van der Waals surface area contributed by atoms with Gasteiger partial charge in [-0.15, -0.1) is 0 Å². The highest BCUT2D eigenvalue weighted by Crippen LogP contribution is 2.39. The van der Waals surface area contributed by atoms with Gasteiger partial charge < -0.3 is 44.7 Å². The van der Waals surface area contributed by atoms with E-state index in [0.29, 0.717) is 12.1 Å². The molecule has 18 heteroatoms. The molecule has 334 valence electrons. The fraction of sp³-hybridized carbons (Fsp3) is 0.683. The van der Waals surface area contributed by atoms with E-state index in [2.05, 4.69) is 5.32 Å². The van der Waals surface area contributed by atoms with Crippen LogP contribution in [0.1, 0.15) is 80.2 Å². The Kier molecular flexibility index (Phi) is 15.7. The number of esters is 1. The molecule has 2 heterocycles. The summed E-state index contributed by atoms with van der Waals surface area (Å²) in [6.07, 6.45) is -14.6. The zero-order valence-electron chi connectivity index (χ0n) is 34.9. The van der Waals surface area contributed by atoms with E-state index in [-0.39, 0.29) is 36.6 Å². The van der Waals surface area contributed by atoms with Gasteiger partial charge in [-0.3, -0.25) is 4.79 Å². The number of carbonyl (C=O) groups excluding carboxylic acids is 1. The monoisotopic (exact) mass is 864 g/mol. The smallest absolute Gasteiger partial charge is 0.419 e. The molecular weight excluding hydrogens is 805 g/mol. The molecule has 0 saturated carbocycles. The summed E-state index contributed by atoms with van der Waals surface area (Å²) in [5, 5.41) is 49.9. The number of nitrogens with zero attached hydrogens (tertiary/aromatic N) is 1. The highest BCUT2D eigenvalue weighted by atomic mass is 32.2. The molecule has 14 atom stereocenters. The van der Waals surface area contributed by atoms with Crippen LogP contribution in [-0.2, 0) is 35.2 Å². The van der Waals surface area contributed by atoms with Crippen molar-refractivity contribution in [2.75, 3.05) is 13.6 Å². The van der Waals surface area contributed by atoms with Crippen LogP contribution in [0.15, 0.2) is 53.4 Å². The molecule has 2 saturated heterocycles. The van der Waals surface area contributed by atoms with E-state index in [1.165, 1.54) is 59.0 Å². The highest BCUT2D eigenvalue weighted by molar-refractivity contribution is 7.89. The number of aliphatic hydroxyl groups is 4. The van der Waals surface area contributed by atoms with Crippen LogP contribution in [0.5, 0.6) is 5.75 Å². The van der Waals surface area contributed by atoms with E-state index >= 15 is 0 Å². The number of hydrogen-bond acceptors (Lipinski definition) is 12. The summed E-state index contributed by atoms with van der Waals surface area (Å²) in [6, 6.07) is 7.48. The van der Waals surface area contributed by atoms with Crippen LogP contribution in [0.4, 0.5) is 17.6 Å². The molecule has 0 spiro atoms. The Bertz CT molecular complexity index is 1820. The van der Waals surface area contributed by atoms with Crippen molar-refractivity contribution in [1.82, 2.24) is 9.62 Å². The number of halogens is 4. The molecule has 5 N–H and O–H groups in total. The van der Waals surface area contributed by atoms with Crippen LogP contribution in [0.25, 0.3) is 0 Å². The molecule has 0 amide bonds. The van der Waals surface area contributed by atoms with E-state index in [1.807, 2.05) is 0 Å². The molecule has 59 heavy (non-hydrogen) atoms. The maximum absolute atomic E-state index is 14.4. The second-order valence-electron chi connectivity index (χ2n) is 16.7. The topological polar surface area (TPSA) is 184 Å². The Balaban J connectivity index is 1.83. The third-order valence-electron chi connectivity index (χ3n) is 11.7. The summed E-state index contributed by atoms with van der Waals surface area (Å²) in [7, 11) is -3.01. The fourth-order valence-electron chi connectivity index (χ4n) is 8.21. The highest BCUT2D eigenvalue weighted by Gasteiger charge is 2.51. The lowest BCUT2D eigenvalue weighted by atomic mass is 9.78. The molecule has 2 fully saturated rings. The number of carbonyl (C=O) groups is 1. The molecule has 2 aliphatic rings. The average molecular weight is 865 g/mol. The standard InChI is InChI=1S/C41H60F4N2O11S/c1-10-32-40(8,52)35(49)26(6)46-21-22(2)20-39(7,51)36(24(4)33(48)25(5)37(50)57-32)58-38-34(56-27-16-17-30(42)29(19-27)41(43,44)45)31(18-23(3)55-38)47(9)59(53,54)28-14-12-11-13-15-28/h11-17,19,22-26,31-36,38,46,48-49,51-52H,10,18,20-21H2,1-9H3/t22-,23-,24+,25-,26-,31+,32-,33+,34-,35-,36-,38+,39-,40-/m1/s1. The lowest BCUT2D eigenvalue weighted by Crippen LogP contribution is -2.61. The Hall–Kier alpha value is -2.94. The zero-order valence-corrected chi connectivity index (χ0v) is 35.7. The third kappa shape index (κ3) is 11.1. The van der Waals surface area contributed by atoms with Crippen LogP contribution in [0.3, 0.4) is 0 Å². The van der Waals surface area contributed by atoms with Gasteiger partial charge in [0.25, 0.3) is 0 Å². The number of cyclic esters (lactones) is 1. The quantitative estimate of drug-likeness (QED) is 0.184. The van der Waals surface area contributed by atoms with E-state index in [1.54, 1.807) is 33.8 Å². The number of hydrogen-bond donors (Lipinski definition) is 5. The summed E-state index contributed by atoms with van der Waals surface area (Å²) in [5.41, 5.74) is -5.39. The second kappa shape index (κ2) is 19.0. The van der Waals surface area contributed by atoms with Gasteiger partial charge in [-0.2, -0.15) is 17.5 Å². The van der Waals surface area contributed by atoms with Crippen molar-refractivity contribution in [3.8, 4) is 5.75 Å². The Labute approximate surface area is 344 Å². The molecule has 0 aliphatic carbocycles. The van der Waals surface area contributed by atoms with Gasteiger partial charge >= 0.3 is 12.1 Å². The molecule has 4 rings (SSSR count). The van der Waals surface area contributed by atoms with Crippen molar-refractivity contribution in [3.05, 3.63) is 59.9 Å². The van der Waals surface area contributed by atoms with Crippen molar-refractivity contribution >= 4 is 16.0 Å². The van der Waals surface area contributed by atoms with Gasteiger partial charge in [-0.25, -0.2) is 12.8 Å². The first-order valence-electron chi connectivity index (χ1n) is 19.9. The van der Waals surface area contributed by atoms with Crippen molar-refractivity contribution < 1.29 is 70.1 Å². The SMILES string of the molecule is CC[C@H]1OC(=O)[C@H](C)[C@@H](O)[C@H](C)[C@@H](O[C@@H]2O[C@H](C)C[C@H](N(C)S(=O)(=O)c3ccccc3)[C@H]2Oc2ccc(F)c(C(F)(F)F)c2)[C@](C)(O)C[C@@H](C)CN[C@H](C)[C@@H](O)[C@]1(C)O. The first-order valence-corrected chi connectivity index (χ1v) is 21.3. The predicted molar refractivity (Wildman–Crippen MR) is 208 cm³/mol. The van der Waals surface area contributed by atoms with Crippen LogP contribution in [0, 0.1) is 23.6 Å². The van der Waals surface area contributed by atoms with Gasteiger partial charge in [0, 0.05) is 19.0 Å². The van der Waals surface area contributed by atoms with Gasteiger partial charge in [0.2, 0.25) is 10.0 Å². The second-order valence-corrected chi connectivity index (χ2v) is 18.7. The minimum absolute atomic E-state index is 0.0240. The summed E-state index contributed by atoms with van der Waals surface area (Å²) in [4.78, 5) is 13.5. The van der Waals surface area contributed by atoms with E-state index in [9.17, 15) is 51.2 Å². The molecule has 13 nitrogen and oxygen atoms in total. The summed E-state index contributed by atoms with van der Waals surface area (Å²) in [5.74, 6) is -5.75. The van der Waals surface area contributed by atoms with Crippen molar-refractivity contribution in [2.24, 2.45) is 17.8 Å². The van der Waals surface area contributed by atoms with E-state index < -0.39 is 117 Å². The lowest BCUT2D eigenvalue weighted by Gasteiger charge is -2.47. The minimum Gasteiger partial charge on any atom is -0.483 e. The van der Waals surface area contributed by atoms with Gasteiger partial charge in [-0.05, 0) is 96.7 Å². The number of likely N-dealkylation sites (N-methyl/N-ethyl adjacent to an activating group) is 1. The first-order chi connectivity index (χ1) is 27.2. The molecule has 0 radical (unpaired) electrons. The predicted octanol–water partition coefficient (Wildman–Crippen LogP) is 4.64. The van der Waals surface area contributed by atoms with Gasteiger partial charge in [0.05, 0.1) is 46.3 Å². The summed E-state index contributed by atoms with van der Waals surface area (Å²) < 4.78 is 110. The van der Waals surface area contributed by atoms with E-state index in [0.717, 1.165) is 10.4 Å². The maximum atomic E-state index is 14.4. The molecule has 2 aliphatic heterocycles. The Morgan fingerprint density at radius 2 is 1.64 bits per heavy atom. The maximum Gasteiger partial charge on any atom is 0.419 e. The summed E-state index contributed by atoms with van der Waals surface area (Å²) >= 11 is 0. The number of sulfonamides is 1. The third-order valence-corrected chi connectivity index (χ3v) is 13.6. The fourth-order valence-corrected chi connectivity index (χ4v) is 9.61. The number of nitrogens with one attached hydrogen (secondary N) is 1. The largest absolute Gasteiger partial charge is 0.483 e. The number of benzene rings is 2. The zero-order chi connectivity index (χ0) is 44.4. The Morgan fingerprint density at radius 3 is 2.24 bits per heavy atom. The van der Waals surface area contributed by atoms with Crippen molar-refractivity contribution in [3.63, 3.8) is 0 Å². The molecular formula is C41H60F4N2O11S. The van der Waals surface area contributed by atoms with Gasteiger partial charge in [0.15, 0.2) is 12.4 Å². The van der Waals surface area contributed by atoms with Crippen LogP contribution in [0.2, 0.25) is 0 Å². The van der Waals surface area contributed by atoms with Crippen LogP contribution >= 0.6 is 0 Å². The molecule has 0 bridgehead atoms. The van der Waals surface area contributed by atoms with Crippen molar-refractivity contribution in [1.29, 1.82) is 0 Å².